The number of urea groups is 1. The van der Waals surface area contributed by atoms with Gasteiger partial charge >= 0.3 is 6.03 Å². The summed E-state index contributed by atoms with van der Waals surface area (Å²) in [6.45, 7) is 1.82. The molecule has 0 spiro atoms. The van der Waals surface area contributed by atoms with E-state index in [2.05, 4.69) is 15.6 Å². The van der Waals surface area contributed by atoms with Gasteiger partial charge in [-0.25, -0.2) is 14.2 Å². The Morgan fingerprint density at radius 3 is 2.63 bits per heavy atom. The smallest absolute Gasteiger partial charge is 0.323 e. The number of carbonyl (C=O) groups excluding carboxylic acids is 1. The lowest BCUT2D eigenvalue weighted by Crippen LogP contribution is -2.19. The van der Waals surface area contributed by atoms with E-state index in [9.17, 15) is 9.18 Å². The summed E-state index contributed by atoms with van der Waals surface area (Å²) in [5, 5.41) is 7.42. The zero-order valence-electron chi connectivity index (χ0n) is 10.2. The maximum atomic E-state index is 12.7. The summed E-state index contributed by atoms with van der Waals surface area (Å²) < 4.78 is 12.7. The van der Waals surface area contributed by atoms with Gasteiger partial charge in [0, 0.05) is 17.1 Å². The van der Waals surface area contributed by atoms with Crippen molar-refractivity contribution in [1.29, 1.82) is 0 Å². The quantitative estimate of drug-likeness (QED) is 0.808. The van der Waals surface area contributed by atoms with E-state index in [-0.39, 0.29) is 11.9 Å². The van der Waals surface area contributed by atoms with Gasteiger partial charge in [-0.15, -0.1) is 11.3 Å². The number of benzene rings is 1. The fourth-order valence-electron chi connectivity index (χ4n) is 1.35. The van der Waals surface area contributed by atoms with E-state index in [4.69, 9.17) is 5.73 Å². The third-order valence-electron chi connectivity index (χ3n) is 2.31. The van der Waals surface area contributed by atoms with Gasteiger partial charge in [0.2, 0.25) is 0 Å². The standard InChI is InChI=1S/C12H13FN4OS/c1-7(14)10-6-19-12(16-10)17-11(18)15-9-4-2-8(13)3-5-9/h2-7H,14H2,1H3,(H2,15,16,17,18). The number of aromatic nitrogens is 1. The first-order chi connectivity index (χ1) is 9.04. The molecular weight excluding hydrogens is 267 g/mol. The summed E-state index contributed by atoms with van der Waals surface area (Å²) in [5.74, 6) is -0.354. The van der Waals surface area contributed by atoms with Crippen LogP contribution in [0.1, 0.15) is 18.7 Å². The van der Waals surface area contributed by atoms with Gasteiger partial charge in [-0.3, -0.25) is 5.32 Å². The molecule has 2 aromatic rings. The summed E-state index contributed by atoms with van der Waals surface area (Å²) in [5.41, 5.74) is 6.90. The van der Waals surface area contributed by atoms with Crippen LogP contribution in [-0.2, 0) is 0 Å². The monoisotopic (exact) mass is 280 g/mol. The van der Waals surface area contributed by atoms with E-state index in [0.717, 1.165) is 5.69 Å². The van der Waals surface area contributed by atoms with Gasteiger partial charge < -0.3 is 11.1 Å². The number of carbonyl (C=O) groups is 1. The van der Waals surface area contributed by atoms with Crippen LogP contribution in [0.25, 0.3) is 0 Å². The molecule has 0 bridgehead atoms. The van der Waals surface area contributed by atoms with Crippen LogP contribution in [0.15, 0.2) is 29.6 Å². The third-order valence-corrected chi connectivity index (χ3v) is 3.09. The van der Waals surface area contributed by atoms with Crippen LogP contribution < -0.4 is 16.4 Å². The maximum Gasteiger partial charge on any atom is 0.325 e. The summed E-state index contributed by atoms with van der Waals surface area (Å²) >= 11 is 1.30. The second-order valence-electron chi connectivity index (χ2n) is 3.95. The number of nitrogens with zero attached hydrogens (tertiary/aromatic N) is 1. The Morgan fingerprint density at radius 2 is 2.05 bits per heavy atom. The largest absolute Gasteiger partial charge is 0.325 e. The number of anilines is 2. The average Bonchev–Trinajstić information content (AvgIpc) is 2.80. The molecule has 1 aromatic carbocycles. The first-order valence-corrected chi connectivity index (χ1v) is 6.47. The average molecular weight is 280 g/mol. The van der Waals surface area contributed by atoms with Crippen LogP contribution in [0.5, 0.6) is 0 Å². The lowest BCUT2D eigenvalue weighted by atomic mass is 10.3. The predicted octanol–water partition coefficient (Wildman–Crippen LogP) is 2.95. The fraction of sp³-hybridized carbons (Fsp3) is 0.167. The summed E-state index contributed by atoms with van der Waals surface area (Å²) in [6.07, 6.45) is 0. The van der Waals surface area contributed by atoms with Gasteiger partial charge in [-0.05, 0) is 31.2 Å². The minimum atomic E-state index is -0.433. The second-order valence-corrected chi connectivity index (χ2v) is 4.81. The van der Waals surface area contributed by atoms with Gasteiger partial charge in [0.05, 0.1) is 5.69 Å². The normalized spacial score (nSPS) is 11.9. The number of amides is 2. The van der Waals surface area contributed by atoms with Crippen LogP contribution in [0.2, 0.25) is 0 Å². The number of nitrogens with two attached hydrogens (primary N) is 1. The van der Waals surface area contributed by atoms with Crippen molar-refractivity contribution >= 4 is 28.2 Å². The van der Waals surface area contributed by atoms with Gasteiger partial charge in [0.15, 0.2) is 5.13 Å². The molecule has 0 fully saturated rings. The number of thiazole rings is 1. The Hall–Kier alpha value is -1.99. The highest BCUT2D eigenvalue weighted by Crippen LogP contribution is 2.19. The SMILES string of the molecule is CC(N)c1csc(NC(=O)Nc2ccc(F)cc2)n1. The summed E-state index contributed by atoms with van der Waals surface area (Å²) in [4.78, 5) is 15.8. The van der Waals surface area contributed by atoms with E-state index in [1.165, 1.54) is 35.6 Å². The summed E-state index contributed by atoms with van der Waals surface area (Å²) in [7, 11) is 0. The summed E-state index contributed by atoms with van der Waals surface area (Å²) in [6, 6.07) is 4.89. The van der Waals surface area contributed by atoms with E-state index in [0.29, 0.717) is 10.8 Å². The molecule has 7 heteroatoms. The molecule has 100 valence electrons. The zero-order chi connectivity index (χ0) is 13.8. The van der Waals surface area contributed by atoms with Crippen molar-refractivity contribution in [3.8, 4) is 0 Å². The molecule has 19 heavy (non-hydrogen) atoms. The molecule has 5 nitrogen and oxygen atoms in total. The van der Waals surface area contributed by atoms with E-state index in [1.54, 1.807) is 5.38 Å². The third kappa shape index (κ3) is 3.73. The number of hydrogen-bond acceptors (Lipinski definition) is 4. The molecule has 0 saturated carbocycles. The molecular formula is C12H13FN4OS. The van der Waals surface area contributed by atoms with Gasteiger partial charge in [-0.1, -0.05) is 0 Å². The van der Waals surface area contributed by atoms with Crippen molar-refractivity contribution in [2.24, 2.45) is 5.73 Å². The maximum absolute atomic E-state index is 12.7. The molecule has 2 amide bonds. The van der Waals surface area contributed by atoms with E-state index in [1.807, 2.05) is 6.92 Å². The van der Waals surface area contributed by atoms with Crippen molar-refractivity contribution in [2.75, 3.05) is 10.6 Å². The first-order valence-electron chi connectivity index (χ1n) is 5.59. The molecule has 0 aliphatic heterocycles. The topological polar surface area (TPSA) is 80.0 Å². The van der Waals surface area contributed by atoms with Crippen LogP contribution in [0.4, 0.5) is 20.0 Å². The number of halogens is 1. The molecule has 1 aromatic heterocycles. The lowest BCUT2D eigenvalue weighted by molar-refractivity contribution is 0.262. The predicted molar refractivity (Wildman–Crippen MR) is 73.8 cm³/mol. The van der Waals surface area contributed by atoms with Crippen molar-refractivity contribution < 1.29 is 9.18 Å². The molecule has 1 unspecified atom stereocenters. The molecule has 0 aliphatic carbocycles. The zero-order valence-corrected chi connectivity index (χ0v) is 11.0. The minimum Gasteiger partial charge on any atom is -0.323 e. The van der Waals surface area contributed by atoms with Crippen LogP contribution in [0, 0.1) is 5.82 Å². The molecule has 2 rings (SSSR count). The molecule has 0 saturated heterocycles. The van der Waals surface area contributed by atoms with Crippen molar-refractivity contribution in [1.82, 2.24) is 4.98 Å². The number of rotatable bonds is 3. The molecule has 4 N–H and O–H groups in total. The Balaban J connectivity index is 1.95. The van der Waals surface area contributed by atoms with Crippen LogP contribution >= 0.6 is 11.3 Å². The lowest BCUT2D eigenvalue weighted by Gasteiger charge is -2.05. The number of nitrogens with one attached hydrogen (secondary N) is 2. The van der Waals surface area contributed by atoms with Crippen molar-refractivity contribution in [3.05, 3.63) is 41.2 Å². The van der Waals surface area contributed by atoms with Crippen molar-refractivity contribution in [3.63, 3.8) is 0 Å². The minimum absolute atomic E-state index is 0.174. The Bertz CT molecular complexity index is 567. The van der Waals surface area contributed by atoms with Crippen molar-refractivity contribution in [2.45, 2.75) is 13.0 Å². The molecule has 1 atom stereocenters. The van der Waals surface area contributed by atoms with Gasteiger partial charge in [0.25, 0.3) is 0 Å². The first kappa shape index (κ1) is 13.4. The molecule has 1 heterocycles. The van der Waals surface area contributed by atoms with E-state index < -0.39 is 6.03 Å². The highest BCUT2D eigenvalue weighted by Gasteiger charge is 2.08. The Labute approximate surface area is 113 Å². The van der Waals surface area contributed by atoms with Gasteiger partial charge in [0.1, 0.15) is 5.82 Å². The van der Waals surface area contributed by atoms with Crippen LogP contribution in [-0.4, -0.2) is 11.0 Å². The number of hydrogen-bond donors (Lipinski definition) is 3. The van der Waals surface area contributed by atoms with Gasteiger partial charge in [-0.2, -0.15) is 0 Å². The Kier molecular flexibility index (Phi) is 4.08. The highest BCUT2D eigenvalue weighted by atomic mass is 32.1. The molecule has 0 aliphatic rings. The van der Waals surface area contributed by atoms with Crippen LogP contribution in [0.3, 0.4) is 0 Å². The Morgan fingerprint density at radius 1 is 1.37 bits per heavy atom. The van der Waals surface area contributed by atoms with E-state index >= 15 is 0 Å². The second kappa shape index (κ2) is 5.77. The fourth-order valence-corrected chi connectivity index (χ4v) is 2.15. The molecule has 0 radical (unpaired) electrons. The highest BCUT2D eigenvalue weighted by molar-refractivity contribution is 7.13.